The predicted molar refractivity (Wildman–Crippen MR) is 228 cm³/mol. The fourth-order valence-electron chi connectivity index (χ4n) is 7.05. The summed E-state index contributed by atoms with van der Waals surface area (Å²) in [5.41, 5.74) is 0. The highest BCUT2D eigenvalue weighted by atomic mass is 16.7. The van der Waals surface area contributed by atoms with E-state index in [1.807, 2.05) is 13.8 Å². The number of likely N-dealkylation sites (tertiary alicyclic amines) is 1. The van der Waals surface area contributed by atoms with E-state index in [9.17, 15) is 4.79 Å². The molecule has 1 rings (SSSR count). The van der Waals surface area contributed by atoms with Crippen molar-refractivity contribution in [3.63, 3.8) is 0 Å². The molecule has 54 heavy (non-hydrogen) atoms. The Hall–Kier alpha value is -1.25. The molecule has 0 aromatic carbocycles. The maximum absolute atomic E-state index is 12.8. The highest BCUT2D eigenvalue weighted by Gasteiger charge is 2.16. The van der Waals surface area contributed by atoms with Gasteiger partial charge in [0.15, 0.2) is 12.6 Å². The Morgan fingerprint density at radius 1 is 0.537 bits per heavy atom. The summed E-state index contributed by atoms with van der Waals surface area (Å²) in [6, 6.07) is 0. The molecule has 1 heterocycles. The zero-order chi connectivity index (χ0) is 39.0. The predicted octanol–water partition coefficient (Wildman–Crippen LogP) is 13.0. The highest BCUT2D eigenvalue weighted by molar-refractivity contribution is 5.69. The molecule has 0 spiro atoms. The van der Waals surface area contributed by atoms with Gasteiger partial charge in [0.05, 0.1) is 13.2 Å². The van der Waals surface area contributed by atoms with Crippen molar-refractivity contribution in [1.82, 2.24) is 4.90 Å². The van der Waals surface area contributed by atoms with Gasteiger partial charge in [-0.15, -0.1) is 0 Å². The first-order valence-electron chi connectivity index (χ1n) is 23.2. The van der Waals surface area contributed by atoms with Gasteiger partial charge in [-0.25, -0.2) is 0 Å². The van der Waals surface area contributed by atoms with Crippen LogP contribution in [0, 0.1) is 0 Å². The molecule has 1 aliphatic rings. The summed E-state index contributed by atoms with van der Waals surface area (Å²) in [5.74, 6) is 0.00692. The van der Waals surface area contributed by atoms with Crippen molar-refractivity contribution >= 4 is 5.97 Å². The number of ether oxygens (including phenoxy) is 5. The lowest BCUT2D eigenvalue weighted by Crippen LogP contribution is -2.23. The summed E-state index contributed by atoms with van der Waals surface area (Å²) in [5, 5.41) is 0. The van der Waals surface area contributed by atoms with Crippen molar-refractivity contribution in [3.8, 4) is 0 Å². The summed E-state index contributed by atoms with van der Waals surface area (Å²) >= 11 is 0. The monoisotopic (exact) mass is 764 g/mol. The molecule has 0 radical (unpaired) electrons. The molecule has 1 aliphatic heterocycles. The lowest BCUT2D eigenvalue weighted by Gasteiger charge is -2.19. The molecule has 7 heteroatoms. The molecular formula is C47H89NO6. The second kappa shape index (κ2) is 40.0. The Morgan fingerprint density at radius 2 is 0.981 bits per heavy atom. The number of rotatable bonds is 41. The van der Waals surface area contributed by atoms with Crippen LogP contribution in [0.15, 0.2) is 24.3 Å². The van der Waals surface area contributed by atoms with E-state index in [4.69, 9.17) is 23.7 Å². The Morgan fingerprint density at radius 3 is 1.46 bits per heavy atom. The van der Waals surface area contributed by atoms with E-state index in [1.54, 1.807) is 0 Å². The number of carbonyl (C=O) groups excluding carboxylic acids is 1. The molecule has 318 valence electrons. The SMILES string of the molecule is CCCCCC/C=C\COC(C)OCCCCCCCCC(CCCCCCCCOC(C)OC/C=C\CCCCCC)OC(=O)CCCN1CCCC1. The molecule has 0 aromatic heterocycles. The van der Waals surface area contributed by atoms with E-state index < -0.39 is 0 Å². The van der Waals surface area contributed by atoms with Gasteiger partial charge in [0.1, 0.15) is 6.10 Å². The number of allylic oxidation sites excluding steroid dienone is 2. The van der Waals surface area contributed by atoms with Gasteiger partial charge < -0.3 is 28.6 Å². The zero-order valence-corrected chi connectivity index (χ0v) is 36.2. The molecule has 0 N–H and O–H groups in total. The van der Waals surface area contributed by atoms with Gasteiger partial charge in [-0.1, -0.05) is 128 Å². The van der Waals surface area contributed by atoms with Crippen LogP contribution in [0.5, 0.6) is 0 Å². The van der Waals surface area contributed by atoms with Gasteiger partial charge in [-0.3, -0.25) is 4.79 Å². The smallest absolute Gasteiger partial charge is 0.306 e. The number of hydrogen-bond donors (Lipinski definition) is 0. The summed E-state index contributed by atoms with van der Waals surface area (Å²) in [7, 11) is 0. The fraction of sp³-hybridized carbons (Fsp3) is 0.894. The van der Waals surface area contributed by atoms with Gasteiger partial charge in [-0.2, -0.15) is 0 Å². The third-order valence-electron chi connectivity index (χ3n) is 10.5. The van der Waals surface area contributed by atoms with Gasteiger partial charge >= 0.3 is 5.97 Å². The fourth-order valence-corrected chi connectivity index (χ4v) is 7.05. The van der Waals surface area contributed by atoms with E-state index in [-0.39, 0.29) is 24.7 Å². The first-order valence-corrected chi connectivity index (χ1v) is 23.2. The van der Waals surface area contributed by atoms with Gasteiger partial charge in [0.2, 0.25) is 0 Å². The Bertz CT molecular complexity index is 794. The second-order valence-corrected chi connectivity index (χ2v) is 15.8. The molecular weight excluding hydrogens is 675 g/mol. The topological polar surface area (TPSA) is 66.5 Å². The number of hydrogen-bond acceptors (Lipinski definition) is 7. The molecule has 0 bridgehead atoms. The van der Waals surface area contributed by atoms with Crippen molar-refractivity contribution in [2.75, 3.05) is 46.1 Å². The van der Waals surface area contributed by atoms with Crippen LogP contribution in [-0.2, 0) is 28.5 Å². The average molecular weight is 764 g/mol. The van der Waals surface area contributed by atoms with E-state index in [1.165, 1.54) is 129 Å². The highest BCUT2D eigenvalue weighted by Crippen LogP contribution is 2.18. The molecule has 0 saturated carbocycles. The van der Waals surface area contributed by atoms with Gasteiger partial charge in [-0.05, 0) is 117 Å². The molecule has 0 aliphatic carbocycles. The first kappa shape index (κ1) is 50.8. The second-order valence-electron chi connectivity index (χ2n) is 15.8. The average Bonchev–Trinajstić information content (AvgIpc) is 3.69. The van der Waals surface area contributed by atoms with Crippen LogP contribution in [0.1, 0.15) is 207 Å². The van der Waals surface area contributed by atoms with Crippen molar-refractivity contribution in [2.24, 2.45) is 0 Å². The van der Waals surface area contributed by atoms with E-state index >= 15 is 0 Å². The third kappa shape index (κ3) is 35.2. The minimum Gasteiger partial charge on any atom is -0.462 e. The summed E-state index contributed by atoms with van der Waals surface area (Å²) in [6.07, 6.45) is 41.4. The first-order chi connectivity index (χ1) is 26.5. The Kier molecular flexibility index (Phi) is 37.6. The maximum atomic E-state index is 12.8. The zero-order valence-electron chi connectivity index (χ0n) is 36.2. The number of esters is 1. The van der Waals surface area contributed by atoms with E-state index in [0.29, 0.717) is 19.6 Å². The largest absolute Gasteiger partial charge is 0.462 e. The molecule has 7 nitrogen and oxygen atoms in total. The minimum atomic E-state index is -0.147. The standard InChI is InChI=1S/C47H89NO6/c1-5-7-9-11-15-21-29-40-50-44(3)52-42-31-23-17-13-19-25-34-46(54-47(49)36-33-39-48-37-27-28-38-48)35-26-20-14-18-24-32-43-53-45(4)51-41-30-22-16-12-10-8-6-2/h21-22,29-30,44-46H,5-20,23-28,31-43H2,1-4H3/b29-21-,30-22-. The van der Waals surface area contributed by atoms with Gasteiger partial charge in [0.25, 0.3) is 0 Å². The summed E-state index contributed by atoms with van der Waals surface area (Å²) in [6.45, 7) is 14.7. The van der Waals surface area contributed by atoms with Crippen molar-refractivity contribution in [2.45, 2.75) is 226 Å². The van der Waals surface area contributed by atoms with Crippen LogP contribution in [0.3, 0.4) is 0 Å². The lowest BCUT2D eigenvalue weighted by molar-refractivity contribution is -0.150. The van der Waals surface area contributed by atoms with Crippen LogP contribution in [0.25, 0.3) is 0 Å². The summed E-state index contributed by atoms with van der Waals surface area (Å²) in [4.78, 5) is 15.3. The third-order valence-corrected chi connectivity index (χ3v) is 10.5. The number of nitrogens with zero attached hydrogens (tertiary/aromatic N) is 1. The number of unbranched alkanes of at least 4 members (excludes halogenated alkanes) is 18. The molecule has 2 unspecified atom stereocenters. The molecule has 1 fully saturated rings. The number of carbonyl (C=O) groups is 1. The molecule has 1 saturated heterocycles. The Balaban J connectivity index is 2.14. The van der Waals surface area contributed by atoms with Crippen molar-refractivity contribution < 1.29 is 28.5 Å². The molecule has 2 atom stereocenters. The van der Waals surface area contributed by atoms with Gasteiger partial charge in [0, 0.05) is 19.6 Å². The Labute approximate surface area is 335 Å². The van der Waals surface area contributed by atoms with Crippen LogP contribution in [0.4, 0.5) is 0 Å². The quantitative estimate of drug-likeness (QED) is 0.0266. The normalized spacial score (nSPS) is 15.5. The summed E-state index contributed by atoms with van der Waals surface area (Å²) < 4.78 is 29.3. The lowest BCUT2D eigenvalue weighted by atomic mass is 10.0. The van der Waals surface area contributed by atoms with E-state index in [2.05, 4.69) is 43.1 Å². The van der Waals surface area contributed by atoms with Crippen LogP contribution >= 0.6 is 0 Å². The van der Waals surface area contributed by atoms with Crippen molar-refractivity contribution in [1.29, 1.82) is 0 Å². The maximum Gasteiger partial charge on any atom is 0.306 e. The van der Waals surface area contributed by atoms with E-state index in [0.717, 1.165) is 77.5 Å². The minimum absolute atomic E-state index is 0.00692. The molecule has 0 aromatic rings. The molecule has 0 amide bonds. The van der Waals surface area contributed by atoms with Crippen LogP contribution in [-0.4, -0.2) is 75.6 Å². The van der Waals surface area contributed by atoms with Crippen LogP contribution in [0.2, 0.25) is 0 Å². The van der Waals surface area contributed by atoms with Crippen molar-refractivity contribution in [3.05, 3.63) is 24.3 Å². The van der Waals surface area contributed by atoms with Crippen LogP contribution < -0.4 is 0 Å².